The largest absolute Gasteiger partial charge is 0.352 e. The van der Waals surface area contributed by atoms with Crippen LogP contribution in [0, 0.1) is 24.7 Å². The Balaban J connectivity index is 1.02. The Bertz CT molecular complexity index is 1900. The van der Waals surface area contributed by atoms with E-state index in [-0.39, 0.29) is 5.91 Å². The lowest BCUT2D eigenvalue weighted by atomic mass is 9.92. The quantitative estimate of drug-likeness (QED) is 0.129. The summed E-state index contributed by atoms with van der Waals surface area (Å²) in [5.74, 6) is 1.23. The van der Waals surface area contributed by atoms with Gasteiger partial charge in [-0.2, -0.15) is 9.49 Å². The Hall–Kier alpha value is -4.68. The number of hydrogen-bond donors (Lipinski definition) is 4. The fourth-order valence-electron chi connectivity index (χ4n) is 6.99. The second kappa shape index (κ2) is 12.8. The number of aromatic amines is 1. The van der Waals surface area contributed by atoms with Crippen LogP contribution in [-0.4, -0.2) is 86.3 Å². The maximum absolute atomic E-state index is 15.3. The van der Waals surface area contributed by atoms with Gasteiger partial charge in [0.1, 0.15) is 0 Å². The molecule has 2 fully saturated rings. The van der Waals surface area contributed by atoms with Crippen molar-refractivity contribution in [2.24, 2.45) is 11.8 Å². The zero-order chi connectivity index (χ0) is 32.5. The normalized spacial score (nSPS) is 19.9. The molecule has 1 aromatic carbocycles. The van der Waals surface area contributed by atoms with Gasteiger partial charge in [-0.15, -0.1) is 0 Å². The molecule has 0 bridgehead atoms. The van der Waals surface area contributed by atoms with Gasteiger partial charge < -0.3 is 20.4 Å². The average Bonchev–Trinajstić information content (AvgIpc) is 3.69. The van der Waals surface area contributed by atoms with Crippen molar-refractivity contribution in [1.29, 1.82) is 0 Å². The Morgan fingerprint density at radius 1 is 1.11 bits per heavy atom. The molecule has 2 saturated heterocycles. The van der Waals surface area contributed by atoms with E-state index in [0.29, 0.717) is 52.9 Å². The first-order valence-electron chi connectivity index (χ1n) is 16.5. The molecule has 0 aliphatic carbocycles. The zero-order valence-electron chi connectivity index (χ0n) is 27.2. The Morgan fingerprint density at radius 3 is 2.64 bits per heavy atom. The molecule has 2 aliphatic rings. The van der Waals surface area contributed by atoms with Crippen LogP contribution < -0.4 is 16.0 Å². The molecule has 244 valence electrons. The molecule has 11 nitrogen and oxygen atoms in total. The standard InChI is InChI=1S/C35H41FN10O/c1-4-25-15-26(5-6-27(25)35(47)40-18-23-9-13-46(3,14-10-23)21-24-16-37-17-24)42-33-34-39-20-31(45(34)12-11-38-33)28-7-8-30(43-32(28)36)29-19-41-44-22(29)2/h5-8,11-12,15,19-20,23-24,37H,4,9-10,13-14,16-18,21H2,1-3H3,(H2-,38,40,41,42,43,44,47)/p+1. The summed E-state index contributed by atoms with van der Waals surface area (Å²) < 4.78 is 18.2. The fraction of sp³-hybridized carbons (Fsp3) is 0.400. The van der Waals surface area contributed by atoms with E-state index in [9.17, 15) is 4.79 Å². The minimum atomic E-state index is -0.597. The van der Waals surface area contributed by atoms with E-state index in [1.165, 1.54) is 19.6 Å². The first kappa shape index (κ1) is 30.9. The highest BCUT2D eigenvalue weighted by atomic mass is 19.1. The average molecular weight is 638 g/mol. The van der Waals surface area contributed by atoms with Gasteiger partial charge in [0.25, 0.3) is 5.91 Å². The molecule has 7 rings (SSSR count). The van der Waals surface area contributed by atoms with Crippen molar-refractivity contribution in [1.82, 2.24) is 40.2 Å². The van der Waals surface area contributed by atoms with E-state index >= 15 is 4.39 Å². The van der Waals surface area contributed by atoms with Crippen molar-refractivity contribution in [3.05, 3.63) is 77.9 Å². The molecule has 12 heteroatoms. The van der Waals surface area contributed by atoms with Crippen LogP contribution in [0.4, 0.5) is 15.9 Å². The number of carbonyl (C=O) groups is 1. The van der Waals surface area contributed by atoms with E-state index in [0.717, 1.165) is 58.8 Å². The van der Waals surface area contributed by atoms with Crippen molar-refractivity contribution in [2.45, 2.75) is 33.1 Å². The van der Waals surface area contributed by atoms with Crippen molar-refractivity contribution in [3.63, 3.8) is 0 Å². The fourth-order valence-corrected chi connectivity index (χ4v) is 6.99. The molecule has 0 unspecified atom stereocenters. The molecule has 6 heterocycles. The van der Waals surface area contributed by atoms with Crippen molar-refractivity contribution >= 4 is 23.1 Å². The summed E-state index contributed by atoms with van der Waals surface area (Å²) in [5.41, 5.74) is 5.88. The van der Waals surface area contributed by atoms with Gasteiger partial charge >= 0.3 is 0 Å². The predicted octanol–water partition coefficient (Wildman–Crippen LogP) is 4.74. The number of anilines is 2. The zero-order valence-corrected chi connectivity index (χ0v) is 27.2. The van der Waals surface area contributed by atoms with Gasteiger partial charge in [-0.05, 0) is 55.2 Å². The molecule has 2 aliphatic heterocycles. The highest BCUT2D eigenvalue weighted by Gasteiger charge is 2.34. The summed E-state index contributed by atoms with van der Waals surface area (Å²) >= 11 is 0. The van der Waals surface area contributed by atoms with Gasteiger partial charge in [0.15, 0.2) is 11.5 Å². The number of H-pyrrole nitrogens is 1. The van der Waals surface area contributed by atoms with Gasteiger partial charge in [-0.3, -0.25) is 14.3 Å². The molecule has 4 aromatic heterocycles. The molecule has 4 N–H and O–H groups in total. The van der Waals surface area contributed by atoms with Crippen LogP contribution in [0.15, 0.2) is 55.1 Å². The number of pyridine rings is 1. The lowest BCUT2D eigenvalue weighted by Gasteiger charge is -2.44. The highest BCUT2D eigenvalue weighted by Crippen LogP contribution is 2.30. The van der Waals surface area contributed by atoms with Crippen LogP contribution in [0.5, 0.6) is 0 Å². The summed E-state index contributed by atoms with van der Waals surface area (Å²) in [6, 6.07) is 9.24. The number of likely N-dealkylation sites (tertiary alicyclic amines) is 1. The number of benzene rings is 1. The van der Waals surface area contributed by atoms with E-state index in [4.69, 9.17) is 0 Å². The number of nitrogens with zero attached hydrogens (tertiary/aromatic N) is 6. The van der Waals surface area contributed by atoms with Crippen LogP contribution in [0.2, 0.25) is 0 Å². The third-order valence-corrected chi connectivity index (χ3v) is 9.92. The summed E-state index contributed by atoms with van der Waals surface area (Å²) in [5, 5.41) is 16.9. The number of amides is 1. The lowest BCUT2D eigenvalue weighted by molar-refractivity contribution is -0.918. The third-order valence-electron chi connectivity index (χ3n) is 9.92. The van der Waals surface area contributed by atoms with Crippen molar-refractivity contribution in [2.75, 3.05) is 51.6 Å². The minimum Gasteiger partial charge on any atom is -0.352 e. The summed E-state index contributed by atoms with van der Waals surface area (Å²) in [7, 11) is 2.39. The number of piperidine rings is 1. The molecule has 0 radical (unpaired) electrons. The number of quaternary nitrogens is 1. The lowest BCUT2D eigenvalue weighted by Crippen LogP contribution is -2.58. The molecule has 1 amide bonds. The Labute approximate surface area is 273 Å². The second-order valence-corrected chi connectivity index (χ2v) is 13.3. The number of aromatic nitrogens is 6. The molecule has 0 spiro atoms. The number of aryl methyl sites for hydroxylation is 2. The van der Waals surface area contributed by atoms with Gasteiger partial charge in [0, 0.05) is 73.8 Å². The summed E-state index contributed by atoms with van der Waals surface area (Å²) in [6.45, 7) is 10.5. The third kappa shape index (κ3) is 6.35. The smallest absolute Gasteiger partial charge is 0.251 e. The van der Waals surface area contributed by atoms with E-state index in [2.05, 4.69) is 55.1 Å². The maximum Gasteiger partial charge on any atom is 0.251 e. The van der Waals surface area contributed by atoms with Crippen molar-refractivity contribution in [3.8, 4) is 22.5 Å². The van der Waals surface area contributed by atoms with E-state index < -0.39 is 5.95 Å². The SMILES string of the molecule is CCc1cc(Nc2nccn3c(-c4ccc(-c5c[nH]nc5C)nc4F)cnc23)ccc1C(=O)NCC1CC[N+](C)(CC2CNC2)CC1. The molecule has 47 heavy (non-hydrogen) atoms. The second-order valence-electron chi connectivity index (χ2n) is 13.3. The predicted molar refractivity (Wildman–Crippen MR) is 180 cm³/mol. The number of carbonyl (C=O) groups excluding carboxylic acids is 1. The number of fused-ring (bicyclic) bond motifs is 1. The molecule has 5 aromatic rings. The monoisotopic (exact) mass is 637 g/mol. The van der Waals surface area contributed by atoms with Crippen LogP contribution in [0.3, 0.4) is 0 Å². The van der Waals surface area contributed by atoms with Crippen LogP contribution >= 0.6 is 0 Å². The van der Waals surface area contributed by atoms with Gasteiger partial charge in [0.05, 0.1) is 55.5 Å². The first-order valence-corrected chi connectivity index (χ1v) is 16.5. The van der Waals surface area contributed by atoms with Gasteiger partial charge in [-0.1, -0.05) is 6.92 Å². The van der Waals surface area contributed by atoms with Gasteiger partial charge in [0.2, 0.25) is 5.95 Å². The molecular formula is C35H42FN10O+. The van der Waals surface area contributed by atoms with Crippen LogP contribution in [-0.2, 0) is 6.42 Å². The number of nitrogens with one attached hydrogen (secondary N) is 4. The van der Waals surface area contributed by atoms with Crippen LogP contribution in [0.25, 0.3) is 28.2 Å². The minimum absolute atomic E-state index is 0.0283. The molecule has 0 atom stereocenters. The van der Waals surface area contributed by atoms with Crippen LogP contribution in [0.1, 0.15) is 41.4 Å². The van der Waals surface area contributed by atoms with Gasteiger partial charge in [-0.25, -0.2) is 15.0 Å². The summed E-state index contributed by atoms with van der Waals surface area (Å²) in [6.07, 6.45) is 9.72. The molecular weight excluding hydrogens is 595 g/mol. The highest BCUT2D eigenvalue weighted by molar-refractivity contribution is 5.96. The number of hydrogen-bond acceptors (Lipinski definition) is 7. The topological polar surface area (TPSA) is 125 Å². The van der Waals surface area contributed by atoms with E-state index in [1.807, 2.05) is 25.1 Å². The number of halogens is 1. The number of imidazole rings is 1. The Morgan fingerprint density at radius 2 is 1.94 bits per heavy atom. The first-order chi connectivity index (χ1) is 22.8. The maximum atomic E-state index is 15.3. The summed E-state index contributed by atoms with van der Waals surface area (Å²) in [4.78, 5) is 26.6. The number of rotatable bonds is 10. The van der Waals surface area contributed by atoms with Crippen molar-refractivity contribution < 1.29 is 13.7 Å². The Kier molecular flexibility index (Phi) is 8.46. The molecule has 0 saturated carbocycles. The van der Waals surface area contributed by atoms with E-state index in [1.54, 1.807) is 41.3 Å².